The highest BCUT2D eigenvalue weighted by Crippen LogP contribution is 2.29. The summed E-state index contributed by atoms with van der Waals surface area (Å²) in [6.07, 6.45) is 6.38. The standard InChI is InChI=1S/C13H19NO3S/c1-2-9-5-3-4-6-11(9)17-7-10-8-18-12(14-10)13(15)16/h8-9,11H,2-7H2,1H3,(H,15,16). The Kier molecular flexibility index (Phi) is 4.72. The van der Waals surface area contributed by atoms with E-state index in [1.54, 1.807) is 5.38 Å². The molecule has 100 valence electrons. The van der Waals surface area contributed by atoms with Gasteiger partial charge in [0.1, 0.15) is 0 Å². The third-order valence-electron chi connectivity index (χ3n) is 3.54. The molecule has 1 N–H and O–H groups in total. The summed E-state index contributed by atoms with van der Waals surface area (Å²) in [5, 5.41) is 10.7. The summed E-state index contributed by atoms with van der Waals surface area (Å²) in [6, 6.07) is 0. The second-order valence-corrected chi connectivity index (χ2v) is 5.61. The van der Waals surface area contributed by atoms with Crippen LogP contribution in [0.1, 0.15) is 54.5 Å². The summed E-state index contributed by atoms with van der Waals surface area (Å²) in [5.74, 6) is -0.313. The zero-order chi connectivity index (χ0) is 13.0. The zero-order valence-electron chi connectivity index (χ0n) is 10.6. The van der Waals surface area contributed by atoms with Crippen molar-refractivity contribution in [1.82, 2.24) is 4.98 Å². The van der Waals surface area contributed by atoms with Crippen molar-refractivity contribution in [2.45, 2.75) is 51.7 Å². The van der Waals surface area contributed by atoms with E-state index in [2.05, 4.69) is 11.9 Å². The van der Waals surface area contributed by atoms with Crippen LogP contribution >= 0.6 is 11.3 Å². The minimum absolute atomic E-state index is 0.143. The van der Waals surface area contributed by atoms with Crippen molar-refractivity contribution in [3.8, 4) is 0 Å². The van der Waals surface area contributed by atoms with E-state index in [4.69, 9.17) is 9.84 Å². The Hall–Kier alpha value is -0.940. The topological polar surface area (TPSA) is 59.4 Å². The van der Waals surface area contributed by atoms with E-state index in [1.807, 2.05) is 0 Å². The maximum Gasteiger partial charge on any atom is 0.365 e. The Labute approximate surface area is 111 Å². The zero-order valence-corrected chi connectivity index (χ0v) is 11.4. The molecule has 1 aliphatic rings. The molecule has 4 nitrogen and oxygen atoms in total. The molecule has 0 spiro atoms. The lowest BCUT2D eigenvalue weighted by atomic mass is 9.85. The van der Waals surface area contributed by atoms with Crippen LogP contribution in [-0.4, -0.2) is 22.2 Å². The van der Waals surface area contributed by atoms with Crippen LogP contribution in [0.4, 0.5) is 0 Å². The Morgan fingerprint density at radius 1 is 1.56 bits per heavy atom. The number of aromatic nitrogens is 1. The molecule has 0 aliphatic heterocycles. The Balaban J connectivity index is 1.87. The molecule has 18 heavy (non-hydrogen) atoms. The van der Waals surface area contributed by atoms with Crippen molar-refractivity contribution in [3.63, 3.8) is 0 Å². The van der Waals surface area contributed by atoms with Crippen LogP contribution in [0.5, 0.6) is 0 Å². The van der Waals surface area contributed by atoms with Gasteiger partial charge in [-0.05, 0) is 18.8 Å². The van der Waals surface area contributed by atoms with E-state index in [9.17, 15) is 4.79 Å². The maximum atomic E-state index is 10.7. The number of carbonyl (C=O) groups is 1. The molecule has 2 rings (SSSR count). The lowest BCUT2D eigenvalue weighted by Gasteiger charge is -2.30. The van der Waals surface area contributed by atoms with Crippen molar-refractivity contribution >= 4 is 17.3 Å². The van der Waals surface area contributed by atoms with Gasteiger partial charge in [0.25, 0.3) is 0 Å². The van der Waals surface area contributed by atoms with Crippen LogP contribution in [-0.2, 0) is 11.3 Å². The fourth-order valence-corrected chi connectivity index (χ4v) is 3.16. The van der Waals surface area contributed by atoms with Gasteiger partial charge in [0.05, 0.1) is 18.4 Å². The SMILES string of the molecule is CCC1CCCCC1OCc1csc(C(=O)O)n1. The third-order valence-corrected chi connectivity index (χ3v) is 4.42. The van der Waals surface area contributed by atoms with Gasteiger partial charge in [-0.15, -0.1) is 11.3 Å². The molecule has 1 heterocycles. The fourth-order valence-electron chi connectivity index (χ4n) is 2.52. The third kappa shape index (κ3) is 3.29. The Bertz CT molecular complexity index is 405. The highest BCUT2D eigenvalue weighted by Gasteiger charge is 2.24. The summed E-state index contributed by atoms with van der Waals surface area (Å²) in [6.45, 7) is 2.64. The summed E-state index contributed by atoms with van der Waals surface area (Å²) >= 11 is 1.16. The van der Waals surface area contributed by atoms with Gasteiger partial charge in [0.2, 0.25) is 5.01 Å². The van der Waals surface area contributed by atoms with Crippen molar-refractivity contribution in [1.29, 1.82) is 0 Å². The van der Waals surface area contributed by atoms with Crippen LogP contribution < -0.4 is 0 Å². The predicted octanol–water partition coefficient (Wildman–Crippen LogP) is 3.33. The molecule has 2 unspecified atom stereocenters. The average Bonchev–Trinajstić information content (AvgIpc) is 2.85. The second kappa shape index (κ2) is 6.29. The van der Waals surface area contributed by atoms with Crippen LogP contribution in [0.15, 0.2) is 5.38 Å². The van der Waals surface area contributed by atoms with Gasteiger partial charge in [0, 0.05) is 5.38 Å². The van der Waals surface area contributed by atoms with Gasteiger partial charge in [-0.25, -0.2) is 9.78 Å². The highest BCUT2D eigenvalue weighted by molar-refractivity contribution is 7.11. The van der Waals surface area contributed by atoms with E-state index < -0.39 is 5.97 Å². The first-order valence-corrected chi connectivity index (χ1v) is 7.38. The molecule has 1 aromatic heterocycles. The minimum atomic E-state index is -0.963. The number of aromatic carboxylic acids is 1. The van der Waals surface area contributed by atoms with Gasteiger partial charge in [-0.1, -0.05) is 26.2 Å². The molecule has 0 radical (unpaired) electrons. The van der Waals surface area contributed by atoms with Crippen molar-refractivity contribution in [2.24, 2.45) is 5.92 Å². The van der Waals surface area contributed by atoms with Crippen LogP contribution in [0, 0.1) is 5.92 Å². The van der Waals surface area contributed by atoms with E-state index in [1.165, 1.54) is 19.3 Å². The molecule has 1 aromatic rings. The lowest BCUT2D eigenvalue weighted by molar-refractivity contribution is -0.0233. The number of hydrogen-bond donors (Lipinski definition) is 1. The summed E-state index contributed by atoms with van der Waals surface area (Å²) < 4.78 is 5.92. The number of carboxylic acid groups (broad SMARTS) is 1. The number of ether oxygens (including phenoxy) is 1. The molecule has 0 amide bonds. The molecule has 0 aromatic carbocycles. The average molecular weight is 269 g/mol. The smallest absolute Gasteiger partial charge is 0.365 e. The van der Waals surface area contributed by atoms with Gasteiger partial charge < -0.3 is 9.84 Å². The van der Waals surface area contributed by atoms with Crippen molar-refractivity contribution in [2.75, 3.05) is 0 Å². The van der Waals surface area contributed by atoms with Gasteiger partial charge >= 0.3 is 5.97 Å². The largest absolute Gasteiger partial charge is 0.476 e. The van der Waals surface area contributed by atoms with Crippen LogP contribution in [0.3, 0.4) is 0 Å². The number of thiazole rings is 1. The number of rotatable bonds is 5. The van der Waals surface area contributed by atoms with Gasteiger partial charge in [0.15, 0.2) is 0 Å². The Morgan fingerprint density at radius 2 is 2.33 bits per heavy atom. The molecule has 1 aliphatic carbocycles. The highest BCUT2D eigenvalue weighted by atomic mass is 32.1. The molecule has 1 fully saturated rings. The van der Waals surface area contributed by atoms with Crippen molar-refractivity contribution in [3.05, 3.63) is 16.1 Å². The second-order valence-electron chi connectivity index (χ2n) is 4.75. The summed E-state index contributed by atoms with van der Waals surface area (Å²) in [4.78, 5) is 14.8. The molecule has 0 saturated heterocycles. The first kappa shape index (κ1) is 13.5. The molecule has 0 bridgehead atoms. The fraction of sp³-hybridized carbons (Fsp3) is 0.692. The first-order valence-electron chi connectivity index (χ1n) is 6.50. The Morgan fingerprint density at radius 3 is 3.00 bits per heavy atom. The lowest BCUT2D eigenvalue weighted by Crippen LogP contribution is -2.27. The van der Waals surface area contributed by atoms with E-state index in [0.717, 1.165) is 29.9 Å². The molecular weight excluding hydrogens is 250 g/mol. The summed E-state index contributed by atoms with van der Waals surface area (Å²) in [7, 11) is 0. The van der Waals surface area contributed by atoms with Gasteiger partial charge in [-0.3, -0.25) is 0 Å². The molecule has 2 atom stereocenters. The van der Waals surface area contributed by atoms with E-state index in [-0.39, 0.29) is 5.01 Å². The monoisotopic (exact) mass is 269 g/mol. The van der Waals surface area contributed by atoms with E-state index >= 15 is 0 Å². The first-order chi connectivity index (χ1) is 8.70. The van der Waals surface area contributed by atoms with Crippen molar-refractivity contribution < 1.29 is 14.6 Å². The molecule has 1 saturated carbocycles. The van der Waals surface area contributed by atoms with E-state index in [0.29, 0.717) is 18.6 Å². The maximum absolute atomic E-state index is 10.7. The molecular formula is C13H19NO3S. The summed E-state index contributed by atoms with van der Waals surface area (Å²) in [5.41, 5.74) is 0.734. The van der Waals surface area contributed by atoms with Crippen LogP contribution in [0.25, 0.3) is 0 Å². The number of carboxylic acids is 1. The molecule has 5 heteroatoms. The quantitative estimate of drug-likeness (QED) is 0.890. The minimum Gasteiger partial charge on any atom is -0.476 e. The number of nitrogens with zero attached hydrogens (tertiary/aromatic N) is 1. The predicted molar refractivity (Wildman–Crippen MR) is 69.9 cm³/mol. The van der Waals surface area contributed by atoms with Gasteiger partial charge in [-0.2, -0.15) is 0 Å². The normalized spacial score (nSPS) is 24.1. The number of hydrogen-bond acceptors (Lipinski definition) is 4. The van der Waals surface area contributed by atoms with Crippen LogP contribution in [0.2, 0.25) is 0 Å².